The Labute approximate surface area is 117 Å². The maximum absolute atomic E-state index is 12.2. The minimum Gasteiger partial charge on any atom is -0.506 e. The van der Waals surface area contributed by atoms with Crippen molar-refractivity contribution < 1.29 is 14.7 Å². The summed E-state index contributed by atoms with van der Waals surface area (Å²) in [5.41, 5.74) is 0.376. The minimum absolute atomic E-state index is 0.0127. The number of aromatic hydroxyl groups is 1. The minimum atomic E-state index is -0.150. The number of aromatic nitrogens is 1. The second-order valence-corrected chi connectivity index (χ2v) is 4.89. The van der Waals surface area contributed by atoms with E-state index in [2.05, 4.69) is 10.3 Å². The van der Waals surface area contributed by atoms with E-state index in [1.807, 2.05) is 6.92 Å². The molecule has 0 unspecified atom stereocenters. The number of carbonyl (C=O) groups is 2. The number of rotatable bonds is 3. The molecule has 0 atom stereocenters. The third kappa shape index (κ3) is 3.26. The van der Waals surface area contributed by atoms with Crippen molar-refractivity contribution in [2.45, 2.75) is 19.8 Å². The molecule has 2 rings (SSSR count). The Morgan fingerprint density at radius 2 is 2.10 bits per heavy atom. The van der Waals surface area contributed by atoms with Crippen molar-refractivity contribution in [3.63, 3.8) is 0 Å². The lowest BCUT2D eigenvalue weighted by molar-refractivity contribution is -0.126. The van der Waals surface area contributed by atoms with E-state index >= 15 is 0 Å². The first kappa shape index (κ1) is 14.3. The molecule has 6 nitrogen and oxygen atoms in total. The van der Waals surface area contributed by atoms with Crippen LogP contribution in [0, 0.1) is 5.92 Å². The predicted octanol–water partition coefficient (Wildman–Crippen LogP) is 0.775. The topological polar surface area (TPSA) is 82.5 Å². The van der Waals surface area contributed by atoms with Crippen LogP contribution in [-0.2, 0) is 4.79 Å². The monoisotopic (exact) mass is 277 g/mol. The molecule has 1 saturated heterocycles. The third-order valence-electron chi connectivity index (χ3n) is 3.47. The van der Waals surface area contributed by atoms with Gasteiger partial charge in [0, 0.05) is 31.7 Å². The lowest BCUT2D eigenvalue weighted by atomic mass is 9.95. The number of pyridine rings is 1. The highest BCUT2D eigenvalue weighted by atomic mass is 16.3. The Morgan fingerprint density at radius 3 is 2.70 bits per heavy atom. The quantitative estimate of drug-likeness (QED) is 0.855. The summed E-state index contributed by atoms with van der Waals surface area (Å²) in [6.45, 7) is 3.63. The van der Waals surface area contributed by atoms with Crippen molar-refractivity contribution in [2.24, 2.45) is 5.92 Å². The molecule has 0 radical (unpaired) electrons. The molecular formula is C14H19N3O3. The molecule has 0 aromatic carbocycles. The molecule has 0 aliphatic carbocycles. The van der Waals surface area contributed by atoms with Gasteiger partial charge >= 0.3 is 0 Å². The molecule has 0 saturated carbocycles. The Kier molecular flexibility index (Phi) is 4.55. The van der Waals surface area contributed by atoms with Crippen LogP contribution >= 0.6 is 0 Å². The van der Waals surface area contributed by atoms with Gasteiger partial charge in [-0.3, -0.25) is 14.6 Å². The lowest BCUT2D eigenvalue weighted by Gasteiger charge is -2.31. The fourth-order valence-electron chi connectivity index (χ4n) is 2.39. The van der Waals surface area contributed by atoms with E-state index in [0.717, 1.165) is 0 Å². The molecule has 20 heavy (non-hydrogen) atoms. The van der Waals surface area contributed by atoms with Crippen molar-refractivity contribution in [1.29, 1.82) is 0 Å². The fraction of sp³-hybridized carbons (Fsp3) is 0.500. The molecule has 0 bridgehead atoms. The van der Waals surface area contributed by atoms with Gasteiger partial charge in [0.1, 0.15) is 5.75 Å². The van der Waals surface area contributed by atoms with Crippen molar-refractivity contribution in [3.05, 3.63) is 24.0 Å². The van der Waals surface area contributed by atoms with Gasteiger partial charge in [0.25, 0.3) is 5.91 Å². The van der Waals surface area contributed by atoms with Crippen LogP contribution in [-0.4, -0.2) is 46.4 Å². The smallest absolute Gasteiger partial charge is 0.255 e. The van der Waals surface area contributed by atoms with Crippen molar-refractivity contribution in [1.82, 2.24) is 15.2 Å². The second-order valence-electron chi connectivity index (χ2n) is 4.89. The molecule has 1 aliphatic rings. The van der Waals surface area contributed by atoms with Crippen LogP contribution in [0.2, 0.25) is 0 Å². The van der Waals surface area contributed by atoms with Gasteiger partial charge in [-0.25, -0.2) is 0 Å². The van der Waals surface area contributed by atoms with E-state index in [1.54, 1.807) is 4.90 Å². The molecule has 1 fully saturated rings. The number of piperidine rings is 1. The zero-order valence-corrected chi connectivity index (χ0v) is 11.5. The number of amides is 2. The lowest BCUT2D eigenvalue weighted by Crippen LogP contribution is -2.43. The summed E-state index contributed by atoms with van der Waals surface area (Å²) < 4.78 is 0. The molecule has 1 aromatic rings. The summed E-state index contributed by atoms with van der Waals surface area (Å²) in [7, 11) is 0. The van der Waals surface area contributed by atoms with E-state index in [9.17, 15) is 14.7 Å². The van der Waals surface area contributed by atoms with Gasteiger partial charge in [-0.2, -0.15) is 0 Å². The van der Waals surface area contributed by atoms with E-state index in [0.29, 0.717) is 38.0 Å². The zero-order chi connectivity index (χ0) is 14.5. The molecule has 1 aromatic heterocycles. The van der Waals surface area contributed by atoms with Gasteiger partial charge in [-0.15, -0.1) is 0 Å². The summed E-state index contributed by atoms with van der Waals surface area (Å²) in [6, 6.07) is 1.41. The molecule has 6 heteroatoms. The van der Waals surface area contributed by atoms with Crippen LogP contribution in [0.25, 0.3) is 0 Å². The SMILES string of the molecule is CCNC(=O)C1CCN(C(=O)c2cncc(O)c2)CC1. The standard InChI is InChI=1S/C14H19N3O3/c1-2-16-13(19)10-3-5-17(6-4-10)14(20)11-7-12(18)9-15-8-11/h7-10,18H,2-6H2,1H3,(H,16,19). The maximum Gasteiger partial charge on any atom is 0.255 e. The molecule has 1 aliphatic heterocycles. The van der Waals surface area contributed by atoms with Crippen LogP contribution in [0.4, 0.5) is 0 Å². The Bertz CT molecular complexity index is 496. The van der Waals surface area contributed by atoms with Crippen molar-refractivity contribution in [2.75, 3.05) is 19.6 Å². The fourth-order valence-corrected chi connectivity index (χ4v) is 2.39. The average Bonchev–Trinajstić information content (AvgIpc) is 2.47. The van der Waals surface area contributed by atoms with Gasteiger partial charge in [0.15, 0.2) is 0 Å². The molecule has 0 spiro atoms. The highest BCUT2D eigenvalue weighted by molar-refractivity contribution is 5.94. The number of hydrogen-bond donors (Lipinski definition) is 2. The zero-order valence-electron chi connectivity index (χ0n) is 11.5. The largest absolute Gasteiger partial charge is 0.506 e. The maximum atomic E-state index is 12.2. The first-order valence-corrected chi connectivity index (χ1v) is 6.82. The third-order valence-corrected chi connectivity index (χ3v) is 3.47. The summed E-state index contributed by atoms with van der Waals surface area (Å²) in [6.07, 6.45) is 4.07. The highest BCUT2D eigenvalue weighted by Gasteiger charge is 2.27. The van der Waals surface area contributed by atoms with Gasteiger partial charge in [0.2, 0.25) is 5.91 Å². The molecule has 2 amide bonds. The van der Waals surface area contributed by atoms with E-state index < -0.39 is 0 Å². The summed E-state index contributed by atoms with van der Waals surface area (Å²) in [5.74, 6) is -0.115. The van der Waals surface area contributed by atoms with Crippen molar-refractivity contribution in [3.8, 4) is 5.75 Å². The van der Waals surface area contributed by atoms with E-state index in [4.69, 9.17) is 0 Å². The van der Waals surface area contributed by atoms with Crippen LogP contribution in [0.15, 0.2) is 18.5 Å². The summed E-state index contributed by atoms with van der Waals surface area (Å²) >= 11 is 0. The van der Waals surface area contributed by atoms with Crippen molar-refractivity contribution >= 4 is 11.8 Å². The first-order valence-electron chi connectivity index (χ1n) is 6.82. The Morgan fingerprint density at radius 1 is 1.40 bits per heavy atom. The van der Waals surface area contributed by atoms with Crippen LogP contribution in [0.1, 0.15) is 30.1 Å². The van der Waals surface area contributed by atoms with Gasteiger partial charge in [0.05, 0.1) is 11.8 Å². The van der Waals surface area contributed by atoms with Gasteiger partial charge < -0.3 is 15.3 Å². The molecule has 2 N–H and O–H groups in total. The highest BCUT2D eigenvalue weighted by Crippen LogP contribution is 2.20. The number of carbonyl (C=O) groups excluding carboxylic acids is 2. The molecule has 2 heterocycles. The van der Waals surface area contributed by atoms with Gasteiger partial charge in [-0.05, 0) is 25.8 Å². The predicted molar refractivity (Wildman–Crippen MR) is 73.2 cm³/mol. The second kappa shape index (κ2) is 6.36. The van der Waals surface area contributed by atoms with Crippen LogP contribution < -0.4 is 5.32 Å². The molecular weight excluding hydrogens is 258 g/mol. The Balaban J connectivity index is 1.93. The normalized spacial score (nSPS) is 15.9. The van der Waals surface area contributed by atoms with Crippen LogP contribution in [0.3, 0.4) is 0 Å². The van der Waals surface area contributed by atoms with E-state index in [-0.39, 0.29) is 23.5 Å². The van der Waals surface area contributed by atoms with Gasteiger partial charge in [-0.1, -0.05) is 0 Å². The summed E-state index contributed by atoms with van der Waals surface area (Å²) in [4.78, 5) is 29.5. The summed E-state index contributed by atoms with van der Waals surface area (Å²) in [5, 5.41) is 12.2. The number of nitrogens with one attached hydrogen (secondary N) is 1. The molecule has 108 valence electrons. The first-order chi connectivity index (χ1) is 9.61. The number of hydrogen-bond acceptors (Lipinski definition) is 4. The number of nitrogens with zero attached hydrogens (tertiary/aromatic N) is 2. The number of likely N-dealkylation sites (tertiary alicyclic amines) is 1. The Hall–Kier alpha value is -2.11. The average molecular weight is 277 g/mol. The van der Waals surface area contributed by atoms with Crippen LogP contribution in [0.5, 0.6) is 5.75 Å². The van der Waals surface area contributed by atoms with E-state index in [1.165, 1.54) is 18.5 Å².